The molecule has 0 aliphatic heterocycles. The van der Waals surface area contributed by atoms with E-state index in [0.717, 1.165) is 22.2 Å². The van der Waals surface area contributed by atoms with Crippen molar-refractivity contribution in [2.75, 3.05) is 23.7 Å². The van der Waals surface area contributed by atoms with Crippen molar-refractivity contribution >= 4 is 33.2 Å². The van der Waals surface area contributed by atoms with Crippen molar-refractivity contribution in [3.63, 3.8) is 0 Å². The minimum absolute atomic E-state index is 0.174. The van der Waals surface area contributed by atoms with Crippen LogP contribution >= 0.6 is 11.6 Å². The third kappa shape index (κ3) is 7.71. The molecule has 0 atom stereocenters. The molecule has 0 aromatic heterocycles. The Bertz CT molecular complexity index is 1280. The largest absolute Gasteiger partial charge is 0.417 e. The van der Waals surface area contributed by atoms with E-state index in [1.54, 1.807) is 12.1 Å². The van der Waals surface area contributed by atoms with Gasteiger partial charge in [-0.15, -0.1) is 0 Å². The van der Waals surface area contributed by atoms with Crippen LogP contribution in [0.5, 0.6) is 0 Å². The van der Waals surface area contributed by atoms with Crippen LogP contribution in [-0.4, -0.2) is 33.7 Å². The normalized spacial score (nSPS) is 11.8. The van der Waals surface area contributed by atoms with Crippen LogP contribution in [0.4, 0.5) is 18.9 Å². The van der Waals surface area contributed by atoms with Crippen molar-refractivity contribution < 1.29 is 31.1 Å². The third-order valence-electron chi connectivity index (χ3n) is 5.13. The molecule has 0 aliphatic rings. The molecule has 0 heterocycles. The second-order valence-electron chi connectivity index (χ2n) is 7.92. The number of alkyl halides is 3. The van der Waals surface area contributed by atoms with E-state index in [9.17, 15) is 26.4 Å². The van der Waals surface area contributed by atoms with E-state index in [4.69, 9.17) is 16.3 Å². The summed E-state index contributed by atoms with van der Waals surface area (Å²) in [7, 11) is -3.93. The van der Waals surface area contributed by atoms with Gasteiger partial charge >= 0.3 is 6.18 Å². The lowest BCUT2D eigenvalue weighted by Crippen LogP contribution is -2.30. The van der Waals surface area contributed by atoms with Crippen LogP contribution in [0.25, 0.3) is 0 Å². The van der Waals surface area contributed by atoms with Crippen molar-refractivity contribution in [2.45, 2.75) is 19.3 Å². The summed E-state index contributed by atoms with van der Waals surface area (Å²) in [5.74, 6) is -0.336. The second-order valence-corrected chi connectivity index (χ2v) is 10.2. The van der Waals surface area contributed by atoms with Crippen LogP contribution in [-0.2, 0) is 34.1 Å². The van der Waals surface area contributed by atoms with Crippen LogP contribution in [0, 0.1) is 0 Å². The molecule has 0 bridgehead atoms. The van der Waals surface area contributed by atoms with E-state index < -0.39 is 26.8 Å². The SMILES string of the molecule is CS(=O)(=O)N(Cc1ccc(C(=O)NCCOCc2ccccc2)cc1)c1ccc(Cl)c(C(F)(F)F)c1. The maximum atomic E-state index is 13.2. The Morgan fingerprint density at radius 2 is 1.67 bits per heavy atom. The predicted octanol–water partition coefficient (Wildman–Crippen LogP) is 5.27. The Morgan fingerprint density at radius 3 is 2.28 bits per heavy atom. The fraction of sp³-hybridized carbons (Fsp3) is 0.240. The van der Waals surface area contributed by atoms with Gasteiger partial charge in [-0.25, -0.2) is 8.42 Å². The fourth-order valence-electron chi connectivity index (χ4n) is 3.32. The van der Waals surface area contributed by atoms with Gasteiger partial charge in [-0.2, -0.15) is 13.2 Å². The molecular formula is C25H24ClF3N2O4S. The van der Waals surface area contributed by atoms with Crippen LogP contribution in [0.2, 0.25) is 5.02 Å². The standard InChI is InChI=1S/C25H24ClF3N2O4S/c1-36(33,34)31(21-11-12-23(26)22(15-21)25(27,28)29)16-18-7-9-20(10-8-18)24(32)30-13-14-35-17-19-5-3-2-4-6-19/h2-12,15H,13-14,16-17H2,1H3,(H,30,32). The molecule has 1 amide bonds. The highest BCUT2D eigenvalue weighted by Crippen LogP contribution is 2.37. The fourth-order valence-corrected chi connectivity index (χ4v) is 4.42. The van der Waals surface area contributed by atoms with E-state index in [2.05, 4.69) is 5.32 Å². The Labute approximate surface area is 212 Å². The Hall–Kier alpha value is -3.08. The summed E-state index contributed by atoms with van der Waals surface area (Å²) in [6.07, 6.45) is -3.84. The molecule has 0 unspecified atom stereocenters. The highest BCUT2D eigenvalue weighted by Gasteiger charge is 2.34. The average Bonchev–Trinajstić information content (AvgIpc) is 2.82. The number of nitrogens with zero attached hydrogens (tertiary/aromatic N) is 1. The lowest BCUT2D eigenvalue weighted by molar-refractivity contribution is -0.137. The van der Waals surface area contributed by atoms with Crippen LogP contribution in [0.1, 0.15) is 27.0 Å². The van der Waals surface area contributed by atoms with E-state index in [0.29, 0.717) is 37.0 Å². The summed E-state index contributed by atoms with van der Waals surface area (Å²) in [5, 5.41) is 2.20. The Balaban J connectivity index is 1.62. The van der Waals surface area contributed by atoms with Gasteiger partial charge in [-0.05, 0) is 41.5 Å². The third-order valence-corrected chi connectivity index (χ3v) is 6.60. The first-order valence-electron chi connectivity index (χ1n) is 10.8. The molecule has 3 aromatic carbocycles. The number of ether oxygens (including phenoxy) is 1. The van der Waals surface area contributed by atoms with Crippen molar-refractivity contribution in [1.82, 2.24) is 5.32 Å². The second kappa shape index (κ2) is 11.8. The maximum absolute atomic E-state index is 13.2. The number of amides is 1. The number of rotatable bonds is 10. The van der Waals surface area contributed by atoms with Gasteiger partial charge in [0.1, 0.15) is 0 Å². The molecule has 0 fully saturated rings. The minimum Gasteiger partial charge on any atom is -0.375 e. The molecule has 6 nitrogen and oxygen atoms in total. The first-order chi connectivity index (χ1) is 16.9. The van der Waals surface area contributed by atoms with Crippen LogP contribution in [0.15, 0.2) is 72.8 Å². The molecule has 0 aliphatic carbocycles. The van der Waals surface area contributed by atoms with Gasteiger partial charge in [0.2, 0.25) is 10.0 Å². The van der Waals surface area contributed by atoms with Crippen LogP contribution < -0.4 is 9.62 Å². The van der Waals surface area contributed by atoms with Crippen molar-refractivity contribution in [3.8, 4) is 0 Å². The lowest BCUT2D eigenvalue weighted by Gasteiger charge is -2.24. The number of hydrogen-bond acceptors (Lipinski definition) is 4. The molecule has 1 N–H and O–H groups in total. The number of hydrogen-bond donors (Lipinski definition) is 1. The summed E-state index contributed by atoms with van der Waals surface area (Å²) < 4.78 is 70.8. The Morgan fingerprint density at radius 1 is 1.00 bits per heavy atom. The molecule has 36 heavy (non-hydrogen) atoms. The Kier molecular flexibility index (Phi) is 8.99. The summed E-state index contributed by atoms with van der Waals surface area (Å²) in [6, 6.07) is 18.6. The molecule has 0 saturated carbocycles. The number of sulfonamides is 1. The first kappa shape index (κ1) is 27.5. The van der Waals surface area contributed by atoms with Gasteiger partial charge in [-0.3, -0.25) is 9.10 Å². The molecule has 192 valence electrons. The summed E-state index contributed by atoms with van der Waals surface area (Å²) >= 11 is 5.66. The van der Waals surface area contributed by atoms with Gasteiger partial charge in [0.25, 0.3) is 5.91 Å². The number of benzene rings is 3. The molecule has 0 radical (unpaired) electrons. The van der Waals surface area contributed by atoms with Gasteiger partial charge in [0.15, 0.2) is 0 Å². The molecular weight excluding hydrogens is 517 g/mol. The van der Waals surface area contributed by atoms with E-state index >= 15 is 0 Å². The number of halogens is 4. The van der Waals surface area contributed by atoms with Gasteiger partial charge in [-0.1, -0.05) is 54.1 Å². The first-order valence-corrected chi connectivity index (χ1v) is 13.0. The van der Waals surface area contributed by atoms with Gasteiger partial charge in [0.05, 0.1) is 42.3 Å². The van der Waals surface area contributed by atoms with Crippen molar-refractivity contribution in [1.29, 1.82) is 0 Å². The smallest absolute Gasteiger partial charge is 0.375 e. The van der Waals surface area contributed by atoms with Crippen molar-refractivity contribution in [3.05, 3.63) is 100 Å². The number of carbonyl (C=O) groups is 1. The quantitative estimate of drug-likeness (QED) is 0.355. The predicted molar refractivity (Wildman–Crippen MR) is 132 cm³/mol. The summed E-state index contributed by atoms with van der Waals surface area (Å²) in [5.41, 5.74) is 0.544. The zero-order valence-corrected chi connectivity index (χ0v) is 20.8. The summed E-state index contributed by atoms with van der Waals surface area (Å²) in [4.78, 5) is 12.4. The van der Waals surface area contributed by atoms with Gasteiger partial charge < -0.3 is 10.1 Å². The minimum atomic E-state index is -4.74. The van der Waals surface area contributed by atoms with Crippen molar-refractivity contribution in [2.24, 2.45) is 0 Å². The molecule has 11 heteroatoms. The van der Waals surface area contributed by atoms with E-state index in [-0.39, 0.29) is 18.1 Å². The molecule has 3 rings (SSSR count). The monoisotopic (exact) mass is 540 g/mol. The molecule has 0 spiro atoms. The maximum Gasteiger partial charge on any atom is 0.417 e. The summed E-state index contributed by atoms with van der Waals surface area (Å²) in [6.45, 7) is 0.823. The number of anilines is 1. The van der Waals surface area contributed by atoms with Gasteiger partial charge in [0, 0.05) is 12.1 Å². The topological polar surface area (TPSA) is 75.7 Å². The molecule has 0 saturated heterocycles. The molecule has 3 aromatic rings. The van der Waals surface area contributed by atoms with Crippen LogP contribution in [0.3, 0.4) is 0 Å². The highest BCUT2D eigenvalue weighted by atomic mass is 35.5. The lowest BCUT2D eigenvalue weighted by atomic mass is 10.1. The number of carbonyl (C=O) groups excluding carboxylic acids is 1. The highest BCUT2D eigenvalue weighted by molar-refractivity contribution is 7.92. The van der Waals surface area contributed by atoms with E-state index in [1.807, 2.05) is 30.3 Å². The zero-order valence-electron chi connectivity index (χ0n) is 19.3. The average molecular weight is 541 g/mol. The number of nitrogens with one attached hydrogen (secondary N) is 1. The van der Waals surface area contributed by atoms with E-state index in [1.165, 1.54) is 18.2 Å². The zero-order chi connectivity index (χ0) is 26.3.